The summed E-state index contributed by atoms with van der Waals surface area (Å²) in [6, 6.07) is -0.902. The van der Waals surface area contributed by atoms with E-state index >= 15 is 0 Å². The number of ether oxygens (including phenoxy) is 1. The lowest BCUT2D eigenvalue weighted by molar-refractivity contribution is -0.124. The molecule has 108 valence electrons. The summed E-state index contributed by atoms with van der Waals surface area (Å²) >= 11 is 0. The van der Waals surface area contributed by atoms with E-state index in [1.165, 1.54) is 0 Å². The highest BCUT2D eigenvalue weighted by atomic mass is 16.6. The van der Waals surface area contributed by atoms with Crippen molar-refractivity contribution in [2.45, 2.75) is 45.3 Å². The van der Waals surface area contributed by atoms with Crippen molar-refractivity contribution in [2.75, 3.05) is 6.54 Å². The second-order valence-corrected chi connectivity index (χ2v) is 5.61. The van der Waals surface area contributed by atoms with Gasteiger partial charge in [-0.25, -0.2) is 4.79 Å². The van der Waals surface area contributed by atoms with E-state index in [1.54, 1.807) is 20.8 Å². The number of nitrogens with two attached hydrogens (primary N) is 1. The van der Waals surface area contributed by atoms with Gasteiger partial charge in [0, 0.05) is 12.5 Å². The van der Waals surface area contributed by atoms with Crippen LogP contribution in [0.2, 0.25) is 0 Å². The summed E-state index contributed by atoms with van der Waals surface area (Å²) < 4.78 is 4.94. The van der Waals surface area contributed by atoms with E-state index < -0.39 is 23.6 Å². The Bertz CT molecular complexity index is 376. The zero-order valence-corrected chi connectivity index (χ0v) is 11.5. The number of hydrogen-bond donors (Lipinski definition) is 3. The largest absolute Gasteiger partial charge is 0.444 e. The van der Waals surface area contributed by atoms with E-state index in [2.05, 4.69) is 10.6 Å². The molecule has 19 heavy (non-hydrogen) atoms. The minimum atomic E-state index is -0.902. The molecule has 0 radical (unpaired) electrons. The van der Waals surface area contributed by atoms with Crippen molar-refractivity contribution in [3.63, 3.8) is 0 Å². The predicted molar refractivity (Wildman–Crippen MR) is 68.1 cm³/mol. The molecule has 3 amide bonds. The molecular weight excluding hydrogens is 250 g/mol. The highest BCUT2D eigenvalue weighted by Gasteiger charge is 2.29. The standard InChI is InChI=1S/C12H21N3O4/c1-12(2,3)19-11(18)15-10(17)8(13)6-7-4-5-14-9(7)16/h7-8H,4-6,13H2,1-3H3,(H,14,16)(H,15,17,18). The third-order valence-electron chi connectivity index (χ3n) is 2.66. The Labute approximate surface area is 112 Å². The lowest BCUT2D eigenvalue weighted by Gasteiger charge is -2.20. The second-order valence-electron chi connectivity index (χ2n) is 5.61. The van der Waals surface area contributed by atoms with Gasteiger partial charge in [-0.1, -0.05) is 0 Å². The normalized spacial score (nSPS) is 20.6. The van der Waals surface area contributed by atoms with Crippen LogP contribution in [0.15, 0.2) is 0 Å². The molecule has 0 saturated carbocycles. The molecule has 0 aliphatic carbocycles. The molecule has 0 aromatic rings. The van der Waals surface area contributed by atoms with Crippen molar-refractivity contribution < 1.29 is 19.1 Å². The van der Waals surface area contributed by atoms with Crippen LogP contribution in [0.3, 0.4) is 0 Å². The average Bonchev–Trinajstić information content (AvgIpc) is 2.61. The molecule has 0 aromatic heterocycles. The molecule has 0 spiro atoms. The van der Waals surface area contributed by atoms with Gasteiger partial charge in [-0.05, 0) is 33.6 Å². The van der Waals surface area contributed by atoms with E-state index in [0.29, 0.717) is 13.0 Å². The zero-order valence-electron chi connectivity index (χ0n) is 11.5. The maximum Gasteiger partial charge on any atom is 0.414 e. The van der Waals surface area contributed by atoms with Crippen LogP contribution in [-0.2, 0) is 14.3 Å². The number of alkyl carbamates (subject to hydrolysis) is 1. The van der Waals surface area contributed by atoms with Crippen molar-refractivity contribution in [1.82, 2.24) is 10.6 Å². The monoisotopic (exact) mass is 271 g/mol. The summed E-state index contributed by atoms with van der Waals surface area (Å²) in [5.74, 6) is -0.992. The zero-order chi connectivity index (χ0) is 14.6. The summed E-state index contributed by atoms with van der Waals surface area (Å²) in [7, 11) is 0. The summed E-state index contributed by atoms with van der Waals surface area (Å²) in [4.78, 5) is 34.4. The summed E-state index contributed by atoms with van der Waals surface area (Å²) in [5, 5.41) is 4.74. The SMILES string of the molecule is CC(C)(C)OC(=O)NC(=O)C(N)CC1CCNC1=O. The summed E-state index contributed by atoms with van der Waals surface area (Å²) in [6.07, 6.45) is 0.0519. The van der Waals surface area contributed by atoms with Crippen molar-refractivity contribution in [2.24, 2.45) is 11.7 Å². The molecular formula is C12H21N3O4. The van der Waals surface area contributed by atoms with Crippen LogP contribution in [0.5, 0.6) is 0 Å². The quantitative estimate of drug-likeness (QED) is 0.663. The van der Waals surface area contributed by atoms with Gasteiger partial charge in [-0.3, -0.25) is 14.9 Å². The fourth-order valence-electron chi connectivity index (χ4n) is 1.78. The van der Waals surface area contributed by atoms with Gasteiger partial charge in [0.1, 0.15) is 5.60 Å². The van der Waals surface area contributed by atoms with E-state index in [4.69, 9.17) is 10.5 Å². The van der Waals surface area contributed by atoms with E-state index in [9.17, 15) is 14.4 Å². The smallest absolute Gasteiger partial charge is 0.414 e. The third kappa shape index (κ3) is 5.25. The first kappa shape index (κ1) is 15.4. The Morgan fingerprint density at radius 2 is 2.16 bits per heavy atom. The highest BCUT2D eigenvalue weighted by Crippen LogP contribution is 2.15. The van der Waals surface area contributed by atoms with E-state index in [0.717, 1.165) is 0 Å². The van der Waals surface area contributed by atoms with Gasteiger partial charge >= 0.3 is 6.09 Å². The molecule has 7 heteroatoms. The van der Waals surface area contributed by atoms with Gasteiger partial charge < -0.3 is 15.8 Å². The maximum absolute atomic E-state index is 11.7. The Hall–Kier alpha value is -1.63. The van der Waals surface area contributed by atoms with Crippen LogP contribution in [0.1, 0.15) is 33.6 Å². The van der Waals surface area contributed by atoms with Crippen molar-refractivity contribution in [3.05, 3.63) is 0 Å². The molecule has 0 bridgehead atoms. The number of carbonyl (C=O) groups excluding carboxylic acids is 3. The van der Waals surface area contributed by atoms with Gasteiger partial charge in [0.2, 0.25) is 11.8 Å². The first-order chi connectivity index (χ1) is 8.69. The van der Waals surface area contributed by atoms with Gasteiger partial charge in [0.05, 0.1) is 6.04 Å². The highest BCUT2D eigenvalue weighted by molar-refractivity contribution is 5.95. The number of imide groups is 1. The van der Waals surface area contributed by atoms with Crippen molar-refractivity contribution >= 4 is 17.9 Å². The summed E-state index contributed by atoms with van der Waals surface area (Å²) in [6.45, 7) is 5.68. The lowest BCUT2D eigenvalue weighted by Crippen LogP contribution is -2.46. The minimum Gasteiger partial charge on any atom is -0.444 e. The van der Waals surface area contributed by atoms with Crippen LogP contribution in [0, 0.1) is 5.92 Å². The molecule has 1 aliphatic rings. The van der Waals surface area contributed by atoms with Crippen molar-refractivity contribution in [3.8, 4) is 0 Å². The van der Waals surface area contributed by atoms with E-state index in [1.807, 2.05) is 0 Å². The lowest BCUT2D eigenvalue weighted by atomic mass is 9.98. The van der Waals surface area contributed by atoms with Crippen molar-refractivity contribution in [1.29, 1.82) is 0 Å². The molecule has 1 heterocycles. The number of amides is 3. The Kier molecular flexibility index (Phi) is 4.88. The number of rotatable bonds is 3. The molecule has 1 rings (SSSR count). The Balaban J connectivity index is 2.40. The summed E-state index contributed by atoms with van der Waals surface area (Å²) in [5.41, 5.74) is 4.99. The topological polar surface area (TPSA) is 111 Å². The maximum atomic E-state index is 11.7. The molecule has 2 atom stereocenters. The molecule has 4 N–H and O–H groups in total. The van der Waals surface area contributed by atoms with Gasteiger partial charge in [0.15, 0.2) is 0 Å². The predicted octanol–water partition coefficient (Wildman–Crippen LogP) is -0.109. The second kappa shape index (κ2) is 6.01. The van der Waals surface area contributed by atoms with Crippen LogP contribution in [0.25, 0.3) is 0 Å². The average molecular weight is 271 g/mol. The molecule has 1 aliphatic heterocycles. The number of nitrogens with one attached hydrogen (secondary N) is 2. The molecule has 1 saturated heterocycles. The molecule has 7 nitrogen and oxygen atoms in total. The van der Waals surface area contributed by atoms with Gasteiger partial charge in [-0.15, -0.1) is 0 Å². The Morgan fingerprint density at radius 3 is 2.63 bits per heavy atom. The molecule has 2 unspecified atom stereocenters. The fraction of sp³-hybridized carbons (Fsp3) is 0.750. The van der Waals surface area contributed by atoms with Crippen LogP contribution in [-0.4, -0.2) is 36.1 Å². The minimum absolute atomic E-state index is 0.0967. The van der Waals surface area contributed by atoms with Gasteiger partial charge in [-0.2, -0.15) is 0 Å². The van der Waals surface area contributed by atoms with E-state index in [-0.39, 0.29) is 18.2 Å². The Morgan fingerprint density at radius 1 is 1.53 bits per heavy atom. The number of carbonyl (C=O) groups is 3. The van der Waals surface area contributed by atoms with Crippen LogP contribution >= 0.6 is 0 Å². The molecule has 1 fully saturated rings. The third-order valence-corrected chi connectivity index (χ3v) is 2.66. The van der Waals surface area contributed by atoms with Crippen LogP contribution in [0.4, 0.5) is 4.79 Å². The first-order valence-corrected chi connectivity index (χ1v) is 6.26. The molecule has 0 aromatic carbocycles. The fourth-order valence-corrected chi connectivity index (χ4v) is 1.78. The van der Waals surface area contributed by atoms with Crippen LogP contribution < -0.4 is 16.4 Å². The number of hydrogen-bond acceptors (Lipinski definition) is 5. The van der Waals surface area contributed by atoms with Gasteiger partial charge in [0.25, 0.3) is 0 Å². The first-order valence-electron chi connectivity index (χ1n) is 6.26.